The molecule has 2 heterocycles. The Balaban J connectivity index is 0.000000124. The van der Waals surface area contributed by atoms with Crippen LogP contribution < -0.4 is 0 Å². The molecule has 3 atom stereocenters. The number of hydrogen-bond donors (Lipinski definition) is 3. The molecule has 2 saturated carbocycles. The molecule has 6 aromatic rings. The summed E-state index contributed by atoms with van der Waals surface area (Å²) in [6.45, 7) is 5.37. The number of aromatic hydroxyl groups is 1. The number of hydrogen-bond acceptors (Lipinski definition) is 7. The van der Waals surface area contributed by atoms with Crippen LogP contribution in [0.1, 0.15) is 66.5 Å². The number of ketones is 1. The third kappa shape index (κ3) is 7.87. The predicted octanol–water partition coefficient (Wildman–Crippen LogP) is 8.75. The van der Waals surface area contributed by atoms with Crippen LogP contribution in [0.25, 0.3) is 21.7 Å². The van der Waals surface area contributed by atoms with Gasteiger partial charge in [-0.1, -0.05) is 97.4 Å². The van der Waals surface area contributed by atoms with E-state index in [0.717, 1.165) is 70.3 Å². The van der Waals surface area contributed by atoms with E-state index in [2.05, 4.69) is 90.2 Å². The SMILES string of the molecule is CC12CCC3C(=CCc4cc(O)ccc43)C1CCC2=O.CN1CCc2c(c3ccccc3n2Cc2ccccc2)C1.O=S(=O)(O)c1cccc2c(S(=O)(=O)O)cccc12. The molecule has 4 aliphatic rings. The van der Waals surface area contributed by atoms with Crippen molar-refractivity contribution in [3.8, 4) is 5.75 Å². The zero-order valence-corrected chi connectivity index (χ0v) is 34.7. The maximum absolute atomic E-state index is 12.2. The van der Waals surface area contributed by atoms with E-state index in [4.69, 9.17) is 9.11 Å². The van der Waals surface area contributed by atoms with Gasteiger partial charge in [-0.05, 0) is 91.2 Å². The lowest BCUT2D eigenvalue weighted by Crippen LogP contribution is -2.37. The fourth-order valence-electron chi connectivity index (χ4n) is 9.92. The van der Waals surface area contributed by atoms with Crippen molar-refractivity contribution in [2.45, 2.75) is 74.2 Å². The quantitative estimate of drug-likeness (QED) is 0.117. The number of rotatable bonds is 4. The molecule has 0 radical (unpaired) electrons. The van der Waals surface area contributed by atoms with Gasteiger partial charge in [-0.25, -0.2) is 0 Å². The highest BCUT2D eigenvalue weighted by Gasteiger charge is 2.52. The molecule has 0 spiro atoms. The van der Waals surface area contributed by atoms with Crippen LogP contribution in [0, 0.1) is 11.3 Å². The molecule has 1 aromatic heterocycles. The topological polar surface area (TPSA) is 154 Å². The van der Waals surface area contributed by atoms with Crippen LogP contribution in [-0.2, 0) is 51.0 Å². The molecule has 3 aliphatic carbocycles. The molecule has 0 saturated heterocycles. The monoisotopic (exact) mass is 832 g/mol. The maximum atomic E-state index is 12.2. The first-order valence-electron chi connectivity index (χ1n) is 20.0. The lowest BCUT2D eigenvalue weighted by atomic mass is 9.60. The Hall–Kier alpha value is -5.11. The third-order valence-corrected chi connectivity index (χ3v) is 14.6. The van der Waals surface area contributed by atoms with Crippen molar-refractivity contribution in [1.82, 2.24) is 9.47 Å². The van der Waals surface area contributed by atoms with Gasteiger partial charge in [0.25, 0.3) is 20.2 Å². The number of fused-ring (bicyclic) bond motifs is 9. The molecule has 1 aliphatic heterocycles. The van der Waals surface area contributed by atoms with Crippen LogP contribution in [-0.4, -0.2) is 59.9 Å². The Morgan fingerprint density at radius 1 is 0.763 bits per heavy atom. The fraction of sp³-hybridized carbons (Fsp3) is 0.298. The van der Waals surface area contributed by atoms with E-state index in [1.165, 1.54) is 68.7 Å². The first kappa shape index (κ1) is 40.7. The summed E-state index contributed by atoms with van der Waals surface area (Å²) in [5.41, 5.74) is 9.84. The largest absolute Gasteiger partial charge is 0.508 e. The molecule has 5 aromatic carbocycles. The Labute approximate surface area is 345 Å². The summed E-state index contributed by atoms with van der Waals surface area (Å²) in [7, 11) is -6.72. The minimum Gasteiger partial charge on any atom is -0.508 e. The highest BCUT2D eigenvalue weighted by atomic mass is 32.2. The zero-order chi connectivity index (χ0) is 41.7. The lowest BCUT2D eigenvalue weighted by molar-refractivity contribution is -0.126. The van der Waals surface area contributed by atoms with Gasteiger partial charge in [-0.15, -0.1) is 0 Å². The van der Waals surface area contributed by atoms with E-state index in [1.54, 1.807) is 6.07 Å². The predicted molar refractivity (Wildman–Crippen MR) is 229 cm³/mol. The number of nitrogens with zero attached hydrogens (tertiary/aromatic N) is 2. The Morgan fingerprint density at radius 2 is 1.41 bits per heavy atom. The number of carbonyl (C=O) groups is 1. The molecule has 3 unspecified atom stereocenters. The Bertz CT molecular complexity index is 2780. The summed E-state index contributed by atoms with van der Waals surface area (Å²) in [5.74, 6) is 1.76. The van der Waals surface area contributed by atoms with Crippen LogP contribution in [0.2, 0.25) is 0 Å². The maximum Gasteiger partial charge on any atom is 0.295 e. The van der Waals surface area contributed by atoms with Crippen molar-refractivity contribution < 1.29 is 35.8 Å². The molecule has 306 valence electrons. The second-order valence-electron chi connectivity index (χ2n) is 16.4. The number of likely N-dealkylation sites (N-methyl/N-ethyl adjacent to an activating group) is 1. The average Bonchev–Trinajstić information content (AvgIpc) is 3.69. The second-order valence-corrected chi connectivity index (χ2v) is 19.2. The zero-order valence-electron chi connectivity index (χ0n) is 33.1. The summed E-state index contributed by atoms with van der Waals surface area (Å²) >= 11 is 0. The molecule has 12 heteroatoms. The van der Waals surface area contributed by atoms with E-state index in [-0.39, 0.29) is 16.2 Å². The molecule has 59 heavy (non-hydrogen) atoms. The number of carbonyl (C=O) groups excluding carboxylic acids is 1. The molecule has 0 bridgehead atoms. The van der Waals surface area contributed by atoms with Crippen LogP contribution in [0.5, 0.6) is 5.75 Å². The van der Waals surface area contributed by atoms with Gasteiger partial charge in [-0.3, -0.25) is 13.9 Å². The smallest absolute Gasteiger partial charge is 0.295 e. The summed E-state index contributed by atoms with van der Waals surface area (Å²) in [5, 5.41) is 11.1. The summed E-state index contributed by atoms with van der Waals surface area (Å²) in [6.07, 6.45) is 8.26. The molecule has 3 N–H and O–H groups in total. The number of aromatic nitrogens is 1. The van der Waals surface area contributed by atoms with Crippen LogP contribution in [0.4, 0.5) is 0 Å². The van der Waals surface area contributed by atoms with Crippen molar-refractivity contribution >= 4 is 47.7 Å². The van der Waals surface area contributed by atoms with E-state index in [9.17, 15) is 26.7 Å². The number of Topliss-reactive ketones (excluding diaryl/α,β-unsaturated/α-hetero) is 1. The number of phenolic OH excluding ortho intramolecular Hbond substituents is 1. The van der Waals surface area contributed by atoms with E-state index in [1.807, 2.05) is 6.07 Å². The van der Waals surface area contributed by atoms with Crippen LogP contribution in [0.3, 0.4) is 0 Å². The van der Waals surface area contributed by atoms with Crippen molar-refractivity contribution in [1.29, 1.82) is 0 Å². The van der Waals surface area contributed by atoms with E-state index < -0.39 is 30.0 Å². The van der Waals surface area contributed by atoms with Crippen molar-refractivity contribution in [2.24, 2.45) is 11.3 Å². The summed E-state index contributed by atoms with van der Waals surface area (Å²) in [4.78, 5) is 13.8. The van der Waals surface area contributed by atoms with Crippen molar-refractivity contribution in [3.63, 3.8) is 0 Å². The van der Waals surface area contributed by atoms with Gasteiger partial charge in [0.1, 0.15) is 21.3 Å². The Kier molecular flexibility index (Phi) is 10.9. The van der Waals surface area contributed by atoms with E-state index >= 15 is 0 Å². The first-order valence-corrected chi connectivity index (χ1v) is 22.8. The van der Waals surface area contributed by atoms with Crippen LogP contribution in [0.15, 0.2) is 131 Å². The lowest BCUT2D eigenvalue weighted by Gasteiger charge is -2.43. The first-order chi connectivity index (χ1) is 28.1. The van der Waals surface area contributed by atoms with Gasteiger partial charge in [-0.2, -0.15) is 16.8 Å². The standard InChI is InChI=1S/C19H20N2.C18H20O2.C10H8O6S2/c1-20-12-11-19-17(14-20)16-9-5-6-10-18(16)21(19)13-15-7-3-2-4-8-15;1-18-9-8-14-13-5-3-12(19)10-11(13)2-4-15(14)16(18)6-7-17(18)20;11-17(12,13)9-5-1-3-7-8(9)4-2-6-10(7)18(14,15)16/h2-10H,11-14H2,1H3;3-5,10,14,16,19H,2,6-9H2,1H3;1-6H,(H,11,12,13)(H,14,15,16). The Morgan fingerprint density at radius 3 is 2.08 bits per heavy atom. The number of phenols is 1. The molecular weight excluding hydrogens is 785 g/mol. The second kappa shape index (κ2) is 15.8. The minimum absolute atomic E-state index is 0.0233. The van der Waals surface area contributed by atoms with E-state index in [0.29, 0.717) is 23.4 Å². The van der Waals surface area contributed by atoms with Gasteiger partial charge in [0, 0.05) is 71.2 Å². The van der Waals surface area contributed by atoms with Gasteiger partial charge < -0.3 is 14.6 Å². The summed E-state index contributed by atoms with van der Waals surface area (Å²) < 4.78 is 65.2. The van der Waals surface area contributed by atoms with Gasteiger partial charge >= 0.3 is 0 Å². The minimum atomic E-state index is -4.47. The number of para-hydroxylation sites is 1. The fourth-order valence-corrected chi connectivity index (χ4v) is 11.3. The van der Waals surface area contributed by atoms with Crippen molar-refractivity contribution in [3.05, 3.63) is 149 Å². The molecule has 0 amide bonds. The number of benzene rings is 5. The molecular formula is C47H48N2O8S2. The normalized spacial score (nSPS) is 21.2. The highest BCUT2D eigenvalue weighted by molar-refractivity contribution is 7.86. The highest BCUT2D eigenvalue weighted by Crippen LogP contribution is 2.58. The van der Waals surface area contributed by atoms with Gasteiger partial charge in [0.2, 0.25) is 0 Å². The summed E-state index contributed by atoms with van der Waals surface area (Å²) in [6, 6.07) is 32.9. The van der Waals surface area contributed by atoms with Crippen molar-refractivity contribution in [2.75, 3.05) is 13.6 Å². The number of allylic oxidation sites excluding steroid dienone is 2. The average molecular weight is 833 g/mol. The molecule has 10 nitrogen and oxygen atoms in total. The van der Waals surface area contributed by atoms with Crippen LogP contribution >= 0.6 is 0 Å². The third-order valence-electron chi connectivity index (χ3n) is 12.8. The van der Waals surface area contributed by atoms with Gasteiger partial charge in [0.15, 0.2) is 0 Å². The molecule has 2 fully saturated rings. The molecule has 10 rings (SSSR count). The van der Waals surface area contributed by atoms with Gasteiger partial charge in [0.05, 0.1) is 0 Å².